The van der Waals surface area contributed by atoms with Crippen LogP contribution in [0, 0.1) is 0 Å². The molecule has 35 heavy (non-hydrogen) atoms. The summed E-state index contributed by atoms with van der Waals surface area (Å²) in [4.78, 5) is 14.2. The number of likely N-dealkylation sites (tertiary alicyclic amines) is 1. The van der Waals surface area contributed by atoms with Crippen LogP contribution >= 0.6 is 30.3 Å². The van der Waals surface area contributed by atoms with Gasteiger partial charge in [-0.15, -0.1) is 0 Å². The number of pyridine rings is 2. The number of rotatable bonds is 7. The summed E-state index contributed by atoms with van der Waals surface area (Å²) in [5.41, 5.74) is 6.79. The number of ether oxygens (including phenoxy) is 1. The van der Waals surface area contributed by atoms with Crippen molar-refractivity contribution in [2.75, 3.05) is 34.3 Å². The van der Waals surface area contributed by atoms with Gasteiger partial charge in [0.2, 0.25) is 5.88 Å². The van der Waals surface area contributed by atoms with Crippen LogP contribution in [-0.2, 0) is 6.54 Å². The average molecular weight is 600 g/mol. The summed E-state index contributed by atoms with van der Waals surface area (Å²) in [6.07, 6.45) is 8.46. The molecule has 6 nitrogen and oxygen atoms in total. The van der Waals surface area contributed by atoms with E-state index < -0.39 is 0 Å². The van der Waals surface area contributed by atoms with Gasteiger partial charge < -0.3 is 9.64 Å². The van der Waals surface area contributed by atoms with Crippen LogP contribution in [0.5, 0.6) is 5.88 Å². The lowest BCUT2D eigenvalue weighted by molar-refractivity contribution is 0.140. The maximum absolute atomic E-state index is 5.23. The standard InChI is InChI=1S/C27H30IN5OS/c1-31(2)23-10-12-32(13-11-23)17-19-4-6-20(7-5-19)22-14-24-25(18-33(35-28)27(24)30-16-22)21-8-9-26(34-3)29-15-21/h4-9,14-16,18,23H,10-13,17H2,1-3H3. The lowest BCUT2D eigenvalue weighted by Crippen LogP contribution is -2.41. The largest absolute Gasteiger partial charge is 0.481 e. The maximum atomic E-state index is 5.23. The molecule has 0 spiro atoms. The summed E-state index contributed by atoms with van der Waals surface area (Å²) in [6.45, 7) is 3.35. The predicted molar refractivity (Wildman–Crippen MR) is 154 cm³/mol. The monoisotopic (exact) mass is 599 g/mol. The molecule has 0 radical (unpaired) electrons. The van der Waals surface area contributed by atoms with Crippen LogP contribution in [0.25, 0.3) is 33.3 Å². The van der Waals surface area contributed by atoms with Crippen LogP contribution in [0.4, 0.5) is 0 Å². The van der Waals surface area contributed by atoms with Gasteiger partial charge in [0.25, 0.3) is 0 Å². The zero-order valence-corrected chi connectivity index (χ0v) is 23.3. The van der Waals surface area contributed by atoms with E-state index in [4.69, 9.17) is 9.72 Å². The lowest BCUT2D eigenvalue weighted by Gasteiger charge is -2.35. The molecule has 5 rings (SSSR count). The first kappa shape index (κ1) is 24.5. The first-order chi connectivity index (χ1) is 17.1. The first-order valence-corrected chi connectivity index (χ1v) is 15.2. The molecule has 1 aliphatic rings. The van der Waals surface area contributed by atoms with Crippen molar-refractivity contribution in [1.29, 1.82) is 0 Å². The maximum Gasteiger partial charge on any atom is 0.212 e. The molecule has 1 aromatic carbocycles. The van der Waals surface area contributed by atoms with Crippen LogP contribution in [0.2, 0.25) is 0 Å². The van der Waals surface area contributed by atoms with E-state index in [1.54, 1.807) is 16.2 Å². The molecule has 182 valence electrons. The highest BCUT2D eigenvalue weighted by Gasteiger charge is 2.20. The molecule has 0 atom stereocenters. The predicted octanol–water partition coefficient (Wildman–Crippen LogP) is 6.15. The Hall–Kier alpha value is -2.14. The zero-order valence-electron chi connectivity index (χ0n) is 20.3. The number of benzene rings is 1. The van der Waals surface area contributed by atoms with Crippen LogP contribution < -0.4 is 4.74 Å². The minimum Gasteiger partial charge on any atom is -0.481 e. The summed E-state index contributed by atoms with van der Waals surface area (Å²) < 4.78 is 7.33. The highest BCUT2D eigenvalue weighted by Crippen LogP contribution is 2.36. The summed E-state index contributed by atoms with van der Waals surface area (Å²) in [6, 6.07) is 15.9. The number of aromatic nitrogens is 3. The molecule has 1 fully saturated rings. The highest BCUT2D eigenvalue weighted by molar-refractivity contribution is 14.2. The van der Waals surface area contributed by atoms with Gasteiger partial charge in [-0.1, -0.05) is 24.3 Å². The molecule has 4 aromatic rings. The van der Waals surface area contributed by atoms with Gasteiger partial charge in [0.05, 0.1) is 7.11 Å². The van der Waals surface area contributed by atoms with Crippen molar-refractivity contribution in [2.24, 2.45) is 0 Å². The molecular weight excluding hydrogens is 569 g/mol. The van der Waals surface area contributed by atoms with Gasteiger partial charge in [0, 0.05) is 89.6 Å². The molecule has 1 saturated heterocycles. The van der Waals surface area contributed by atoms with Crippen molar-refractivity contribution in [2.45, 2.75) is 25.4 Å². The molecule has 0 saturated carbocycles. The van der Waals surface area contributed by atoms with E-state index >= 15 is 0 Å². The number of nitrogens with zero attached hydrogens (tertiary/aromatic N) is 5. The Bertz CT molecular complexity index is 1280. The van der Waals surface area contributed by atoms with Crippen LogP contribution in [0.15, 0.2) is 61.1 Å². The molecule has 0 bridgehead atoms. The van der Waals surface area contributed by atoms with Crippen molar-refractivity contribution in [3.8, 4) is 28.1 Å². The van der Waals surface area contributed by atoms with Gasteiger partial charge in [-0.05, 0) is 63.3 Å². The second-order valence-electron chi connectivity index (χ2n) is 9.29. The number of hydrogen-bond donors (Lipinski definition) is 0. The normalized spacial score (nSPS) is 15.2. The Balaban J connectivity index is 1.38. The molecular formula is C27H30IN5OS. The summed E-state index contributed by atoms with van der Waals surface area (Å²) >= 11 is 2.29. The zero-order chi connectivity index (χ0) is 24.4. The molecule has 4 heterocycles. The fourth-order valence-corrected chi connectivity index (χ4v) is 6.09. The lowest BCUT2D eigenvalue weighted by atomic mass is 10.0. The van der Waals surface area contributed by atoms with E-state index in [1.807, 2.05) is 24.5 Å². The fourth-order valence-electron chi connectivity index (χ4n) is 4.83. The third-order valence-corrected chi connectivity index (χ3v) is 8.62. The molecule has 0 amide bonds. The summed E-state index contributed by atoms with van der Waals surface area (Å²) in [5, 5.41) is 1.12. The van der Waals surface area contributed by atoms with Crippen LogP contribution in [0.1, 0.15) is 18.4 Å². The Morgan fingerprint density at radius 2 is 1.71 bits per heavy atom. The molecule has 0 unspecified atom stereocenters. The minimum absolute atomic E-state index is 0.613. The Morgan fingerprint density at radius 1 is 1.00 bits per heavy atom. The Kier molecular flexibility index (Phi) is 7.62. The smallest absolute Gasteiger partial charge is 0.212 e. The molecule has 8 heteroatoms. The molecule has 1 aliphatic heterocycles. The van der Waals surface area contributed by atoms with Gasteiger partial charge in [-0.2, -0.15) is 0 Å². The van der Waals surface area contributed by atoms with E-state index in [0.717, 1.165) is 40.3 Å². The van der Waals surface area contributed by atoms with Crippen LogP contribution in [-0.4, -0.2) is 64.1 Å². The third-order valence-electron chi connectivity index (χ3n) is 6.92. The topological polar surface area (TPSA) is 46.4 Å². The van der Waals surface area contributed by atoms with Crippen molar-refractivity contribution in [3.05, 3.63) is 66.6 Å². The van der Waals surface area contributed by atoms with Gasteiger partial charge in [-0.3, -0.25) is 8.87 Å². The van der Waals surface area contributed by atoms with Gasteiger partial charge >= 0.3 is 0 Å². The van der Waals surface area contributed by atoms with E-state index in [1.165, 1.54) is 37.1 Å². The van der Waals surface area contributed by atoms with Crippen molar-refractivity contribution in [3.63, 3.8) is 0 Å². The second kappa shape index (κ2) is 10.9. The second-order valence-corrected chi connectivity index (χ2v) is 11.0. The summed E-state index contributed by atoms with van der Waals surface area (Å²) in [7, 11) is 7.63. The number of piperidine rings is 1. The van der Waals surface area contributed by atoms with Gasteiger partial charge in [-0.25, -0.2) is 9.97 Å². The minimum atomic E-state index is 0.613. The van der Waals surface area contributed by atoms with Crippen molar-refractivity contribution in [1.82, 2.24) is 23.7 Å². The first-order valence-electron chi connectivity index (χ1n) is 11.8. The van der Waals surface area contributed by atoms with E-state index in [-0.39, 0.29) is 0 Å². The molecule has 3 aromatic heterocycles. The number of halogens is 1. The quantitative estimate of drug-likeness (QED) is 0.238. The van der Waals surface area contributed by atoms with Crippen LogP contribution in [0.3, 0.4) is 0 Å². The Labute approximate surface area is 223 Å². The van der Waals surface area contributed by atoms with E-state index in [0.29, 0.717) is 5.88 Å². The van der Waals surface area contributed by atoms with Gasteiger partial charge in [0.1, 0.15) is 0 Å². The SMILES string of the molecule is COc1ccc(-c2cn(SI)c3ncc(-c4ccc(CN5CCC(N(C)C)CC5)cc4)cc23)cn1. The average Bonchev–Trinajstić information content (AvgIpc) is 3.27. The fraction of sp³-hybridized carbons (Fsp3) is 0.333. The van der Waals surface area contributed by atoms with E-state index in [2.05, 4.69) is 90.6 Å². The number of hydrogen-bond acceptors (Lipinski definition) is 6. The number of methoxy groups -OCH3 is 1. The molecule has 0 N–H and O–H groups in total. The van der Waals surface area contributed by atoms with Crippen molar-refractivity contribution < 1.29 is 4.74 Å². The highest BCUT2D eigenvalue weighted by atomic mass is 127. The molecule has 0 aliphatic carbocycles. The van der Waals surface area contributed by atoms with Crippen molar-refractivity contribution >= 4 is 41.4 Å². The summed E-state index contributed by atoms with van der Waals surface area (Å²) in [5.74, 6) is 0.613. The van der Waals surface area contributed by atoms with E-state index in [9.17, 15) is 0 Å². The third kappa shape index (κ3) is 5.35. The van der Waals surface area contributed by atoms with Gasteiger partial charge in [0.15, 0.2) is 5.65 Å². The Morgan fingerprint density at radius 3 is 2.34 bits per heavy atom. The number of fused-ring (bicyclic) bond motifs is 1.